The van der Waals surface area contributed by atoms with Crippen molar-refractivity contribution < 1.29 is 14.0 Å². The number of furan rings is 1. The molecule has 140 valence electrons. The van der Waals surface area contributed by atoms with Gasteiger partial charge in [-0.2, -0.15) is 5.26 Å². The lowest BCUT2D eigenvalue weighted by Crippen LogP contribution is -2.51. The van der Waals surface area contributed by atoms with Gasteiger partial charge in [-0.05, 0) is 24.3 Å². The van der Waals surface area contributed by atoms with Crippen molar-refractivity contribution in [1.82, 2.24) is 20.5 Å². The van der Waals surface area contributed by atoms with Crippen LogP contribution < -0.4 is 15.5 Å². The van der Waals surface area contributed by atoms with E-state index in [1.807, 2.05) is 9.80 Å². The lowest BCUT2D eigenvalue weighted by atomic mass is 10.2. The molecule has 0 atom stereocenters. The van der Waals surface area contributed by atoms with Crippen LogP contribution in [0.4, 0.5) is 10.6 Å². The molecule has 0 aliphatic carbocycles. The summed E-state index contributed by atoms with van der Waals surface area (Å²) in [5, 5.41) is 14.1. The van der Waals surface area contributed by atoms with E-state index in [0.29, 0.717) is 43.3 Å². The molecule has 3 rings (SSSR count). The molecule has 0 saturated carbocycles. The van der Waals surface area contributed by atoms with Gasteiger partial charge in [-0.15, -0.1) is 0 Å². The molecule has 9 nitrogen and oxygen atoms in total. The summed E-state index contributed by atoms with van der Waals surface area (Å²) in [4.78, 5) is 32.1. The van der Waals surface area contributed by atoms with Crippen molar-refractivity contribution in [3.63, 3.8) is 0 Å². The molecule has 2 N–H and O–H groups in total. The Kier molecular flexibility index (Phi) is 6.02. The van der Waals surface area contributed by atoms with Gasteiger partial charge in [0.2, 0.25) is 5.91 Å². The third kappa shape index (κ3) is 5.05. The molecule has 2 aromatic rings. The Labute approximate surface area is 156 Å². The summed E-state index contributed by atoms with van der Waals surface area (Å²) in [7, 11) is 0. The minimum Gasteiger partial charge on any atom is -0.467 e. The number of hydrogen-bond donors (Lipinski definition) is 2. The van der Waals surface area contributed by atoms with Crippen LogP contribution in [0.3, 0.4) is 0 Å². The molecule has 0 bridgehead atoms. The summed E-state index contributed by atoms with van der Waals surface area (Å²) in [5.41, 5.74) is 0.539. The van der Waals surface area contributed by atoms with Gasteiger partial charge in [-0.25, -0.2) is 9.78 Å². The summed E-state index contributed by atoms with van der Waals surface area (Å²) in [6.45, 7) is 2.95. The minimum absolute atomic E-state index is 0.134. The second kappa shape index (κ2) is 8.82. The lowest BCUT2D eigenvalue weighted by Gasteiger charge is -2.35. The van der Waals surface area contributed by atoms with E-state index in [2.05, 4.69) is 21.7 Å². The summed E-state index contributed by atoms with van der Waals surface area (Å²) in [6, 6.07) is 8.53. The molecule has 3 amide bonds. The Bertz CT molecular complexity index is 822. The molecule has 1 fully saturated rings. The SMILES string of the molecule is N#Cc1cccnc1N1CCN(CC(=O)NC(=O)NCc2ccco2)CC1. The summed E-state index contributed by atoms with van der Waals surface area (Å²) < 4.78 is 5.11. The van der Waals surface area contributed by atoms with E-state index in [0.717, 1.165) is 0 Å². The van der Waals surface area contributed by atoms with Crippen LogP contribution in [0.5, 0.6) is 0 Å². The number of piperazine rings is 1. The molecule has 1 saturated heterocycles. The van der Waals surface area contributed by atoms with Crippen LogP contribution in [0.1, 0.15) is 11.3 Å². The molecular formula is C18H20N6O3. The highest BCUT2D eigenvalue weighted by Gasteiger charge is 2.22. The van der Waals surface area contributed by atoms with E-state index in [-0.39, 0.29) is 19.0 Å². The highest BCUT2D eigenvalue weighted by molar-refractivity contribution is 5.95. The second-order valence-electron chi connectivity index (χ2n) is 6.06. The van der Waals surface area contributed by atoms with E-state index >= 15 is 0 Å². The summed E-state index contributed by atoms with van der Waals surface area (Å²) >= 11 is 0. The zero-order chi connectivity index (χ0) is 19.1. The van der Waals surface area contributed by atoms with Gasteiger partial charge in [0, 0.05) is 32.4 Å². The van der Waals surface area contributed by atoms with Gasteiger partial charge in [-0.1, -0.05) is 0 Å². The van der Waals surface area contributed by atoms with Crippen molar-refractivity contribution in [3.8, 4) is 6.07 Å². The van der Waals surface area contributed by atoms with Gasteiger partial charge in [-0.3, -0.25) is 15.0 Å². The van der Waals surface area contributed by atoms with Crippen LogP contribution >= 0.6 is 0 Å². The number of nitriles is 1. The molecule has 0 radical (unpaired) electrons. The van der Waals surface area contributed by atoms with E-state index < -0.39 is 6.03 Å². The normalized spacial score (nSPS) is 14.4. The number of carbonyl (C=O) groups excluding carboxylic acids is 2. The predicted molar refractivity (Wildman–Crippen MR) is 96.7 cm³/mol. The number of nitrogens with one attached hydrogen (secondary N) is 2. The maximum Gasteiger partial charge on any atom is 0.321 e. The van der Waals surface area contributed by atoms with Crippen LogP contribution in [0.25, 0.3) is 0 Å². The first-order chi connectivity index (χ1) is 13.2. The lowest BCUT2D eigenvalue weighted by molar-refractivity contribution is -0.121. The van der Waals surface area contributed by atoms with Gasteiger partial charge in [0.05, 0.1) is 24.9 Å². The molecule has 9 heteroatoms. The van der Waals surface area contributed by atoms with Crippen molar-refractivity contribution in [2.45, 2.75) is 6.54 Å². The first-order valence-corrected chi connectivity index (χ1v) is 8.58. The number of anilines is 1. The number of aromatic nitrogens is 1. The predicted octanol–water partition coefficient (Wildman–Crippen LogP) is 0.694. The molecule has 3 heterocycles. The van der Waals surface area contributed by atoms with Crippen LogP contribution in [-0.4, -0.2) is 54.5 Å². The maximum atomic E-state index is 12.0. The number of hydrogen-bond acceptors (Lipinski definition) is 7. The van der Waals surface area contributed by atoms with Crippen molar-refractivity contribution >= 4 is 17.8 Å². The fraction of sp³-hybridized carbons (Fsp3) is 0.333. The van der Waals surface area contributed by atoms with Gasteiger partial charge in [0.1, 0.15) is 17.6 Å². The van der Waals surface area contributed by atoms with Gasteiger partial charge < -0.3 is 14.6 Å². The van der Waals surface area contributed by atoms with E-state index in [1.165, 1.54) is 6.26 Å². The number of carbonyl (C=O) groups is 2. The van der Waals surface area contributed by atoms with Crippen LogP contribution in [0.15, 0.2) is 41.1 Å². The van der Waals surface area contributed by atoms with Gasteiger partial charge in [0.15, 0.2) is 0 Å². The Balaban J connectivity index is 1.41. The smallest absolute Gasteiger partial charge is 0.321 e. The first kappa shape index (κ1) is 18.4. The van der Waals surface area contributed by atoms with Gasteiger partial charge in [0.25, 0.3) is 0 Å². The Morgan fingerprint density at radius 1 is 1.22 bits per heavy atom. The van der Waals surface area contributed by atoms with Crippen LogP contribution in [0, 0.1) is 11.3 Å². The van der Waals surface area contributed by atoms with Gasteiger partial charge >= 0.3 is 6.03 Å². The zero-order valence-corrected chi connectivity index (χ0v) is 14.7. The number of rotatable bonds is 5. The summed E-state index contributed by atoms with van der Waals surface area (Å²) in [6.07, 6.45) is 3.18. The average Bonchev–Trinajstić information content (AvgIpc) is 3.20. The standard InChI is InChI=1S/C18H20N6O3/c19-11-14-3-1-5-20-17(14)24-8-6-23(7-9-24)13-16(25)22-18(26)21-12-15-4-2-10-27-15/h1-5,10H,6-9,12-13H2,(H2,21,22,25,26). The topological polar surface area (TPSA) is 115 Å². The van der Waals surface area contributed by atoms with Crippen molar-refractivity contribution in [3.05, 3.63) is 48.0 Å². The molecular weight excluding hydrogens is 348 g/mol. The molecule has 2 aromatic heterocycles. The number of nitrogens with zero attached hydrogens (tertiary/aromatic N) is 4. The van der Waals surface area contributed by atoms with Crippen molar-refractivity contribution in [2.24, 2.45) is 0 Å². The maximum absolute atomic E-state index is 12.0. The molecule has 27 heavy (non-hydrogen) atoms. The number of imide groups is 1. The fourth-order valence-electron chi connectivity index (χ4n) is 2.85. The quantitative estimate of drug-likeness (QED) is 0.798. The first-order valence-electron chi connectivity index (χ1n) is 8.58. The molecule has 0 aromatic carbocycles. The monoisotopic (exact) mass is 368 g/mol. The highest BCUT2D eigenvalue weighted by Crippen LogP contribution is 2.17. The van der Waals surface area contributed by atoms with Crippen molar-refractivity contribution in [2.75, 3.05) is 37.6 Å². The largest absolute Gasteiger partial charge is 0.467 e. The molecule has 0 unspecified atom stereocenters. The molecule has 1 aliphatic rings. The van der Waals surface area contributed by atoms with E-state index in [1.54, 1.807) is 30.5 Å². The summed E-state index contributed by atoms with van der Waals surface area (Å²) in [5.74, 6) is 0.914. The third-order valence-electron chi connectivity index (χ3n) is 4.20. The van der Waals surface area contributed by atoms with E-state index in [4.69, 9.17) is 4.42 Å². The number of urea groups is 1. The molecule has 0 spiro atoms. The Morgan fingerprint density at radius 2 is 2.04 bits per heavy atom. The van der Waals surface area contributed by atoms with E-state index in [9.17, 15) is 14.9 Å². The number of pyridine rings is 1. The Hall–Kier alpha value is -3.38. The fourth-order valence-corrected chi connectivity index (χ4v) is 2.85. The Morgan fingerprint density at radius 3 is 2.74 bits per heavy atom. The average molecular weight is 368 g/mol. The third-order valence-corrected chi connectivity index (χ3v) is 4.20. The second-order valence-corrected chi connectivity index (χ2v) is 6.06. The van der Waals surface area contributed by atoms with Crippen molar-refractivity contribution in [1.29, 1.82) is 5.26 Å². The van der Waals surface area contributed by atoms with Crippen LogP contribution in [0.2, 0.25) is 0 Å². The molecule has 1 aliphatic heterocycles. The highest BCUT2D eigenvalue weighted by atomic mass is 16.3. The number of amides is 3. The zero-order valence-electron chi connectivity index (χ0n) is 14.7. The minimum atomic E-state index is -0.554. The van der Waals surface area contributed by atoms with Crippen LogP contribution in [-0.2, 0) is 11.3 Å².